The van der Waals surface area contributed by atoms with Crippen molar-refractivity contribution in [1.29, 1.82) is 0 Å². The van der Waals surface area contributed by atoms with Gasteiger partial charge in [0.1, 0.15) is 5.60 Å². The van der Waals surface area contributed by atoms with E-state index in [0.29, 0.717) is 23.1 Å². The van der Waals surface area contributed by atoms with Gasteiger partial charge in [0.2, 0.25) is 0 Å². The fourth-order valence-corrected chi connectivity index (χ4v) is 2.04. The molecule has 0 spiro atoms. The highest BCUT2D eigenvalue weighted by Gasteiger charge is 2.27. The minimum absolute atomic E-state index is 0.344. The fraction of sp³-hybridized carbons (Fsp3) is 0.533. The van der Waals surface area contributed by atoms with E-state index in [-0.39, 0.29) is 0 Å². The molecule has 118 valence electrons. The lowest BCUT2D eigenvalue weighted by Gasteiger charge is -2.30. The van der Waals surface area contributed by atoms with Crippen molar-refractivity contribution in [2.45, 2.75) is 38.7 Å². The van der Waals surface area contributed by atoms with E-state index in [1.165, 1.54) is 0 Å². The number of halogens is 2. The highest BCUT2D eigenvalue weighted by molar-refractivity contribution is 6.42. The molecule has 0 heterocycles. The van der Waals surface area contributed by atoms with E-state index in [1.54, 1.807) is 12.1 Å². The van der Waals surface area contributed by atoms with Crippen LogP contribution in [0.5, 0.6) is 0 Å². The molecule has 0 bridgehead atoms. The molecule has 3 N–H and O–H groups in total. The molecule has 21 heavy (non-hydrogen) atoms. The number of ether oxygens (including phenoxy) is 1. The summed E-state index contributed by atoms with van der Waals surface area (Å²) in [7, 11) is 0. The van der Waals surface area contributed by atoms with Crippen LogP contribution >= 0.6 is 23.2 Å². The van der Waals surface area contributed by atoms with Gasteiger partial charge in [-0.25, -0.2) is 4.79 Å². The van der Waals surface area contributed by atoms with Crippen LogP contribution < -0.4 is 11.1 Å². The fourth-order valence-electron chi connectivity index (χ4n) is 1.75. The quantitative estimate of drug-likeness (QED) is 0.882. The minimum atomic E-state index is -0.535. The summed E-state index contributed by atoms with van der Waals surface area (Å²) in [5.74, 6) is 0. The molecule has 0 fully saturated rings. The van der Waals surface area contributed by atoms with Crippen molar-refractivity contribution in [2.24, 2.45) is 5.73 Å². The number of rotatable bonds is 4. The van der Waals surface area contributed by atoms with Crippen LogP contribution in [0.3, 0.4) is 0 Å². The first-order chi connectivity index (χ1) is 9.57. The molecule has 1 rings (SSSR count). The van der Waals surface area contributed by atoms with E-state index < -0.39 is 17.1 Å². The maximum Gasteiger partial charge on any atom is 0.407 e. The summed E-state index contributed by atoms with van der Waals surface area (Å²) in [6, 6.07) is 5.35. The molecule has 0 aliphatic carbocycles. The molecule has 1 aromatic rings. The molecule has 1 aromatic carbocycles. The van der Waals surface area contributed by atoms with E-state index in [4.69, 9.17) is 33.7 Å². The molecule has 0 aromatic heterocycles. The summed E-state index contributed by atoms with van der Waals surface area (Å²) < 4.78 is 5.22. The number of amides is 1. The lowest BCUT2D eigenvalue weighted by molar-refractivity contribution is 0.0516. The Balaban J connectivity index is 2.80. The van der Waals surface area contributed by atoms with Crippen LogP contribution in [0.2, 0.25) is 10.0 Å². The van der Waals surface area contributed by atoms with E-state index in [9.17, 15) is 4.79 Å². The van der Waals surface area contributed by atoms with Gasteiger partial charge in [0, 0.05) is 18.5 Å². The summed E-state index contributed by atoms with van der Waals surface area (Å²) in [5.41, 5.74) is 5.80. The van der Waals surface area contributed by atoms with Crippen molar-refractivity contribution >= 4 is 29.3 Å². The molecular weight excluding hydrogens is 311 g/mol. The smallest absolute Gasteiger partial charge is 0.407 e. The van der Waals surface area contributed by atoms with Crippen molar-refractivity contribution in [3.8, 4) is 0 Å². The molecular formula is C15H22Cl2N2O2. The Morgan fingerprint density at radius 3 is 2.33 bits per heavy atom. The monoisotopic (exact) mass is 332 g/mol. The standard InChI is InChI=1S/C15H22Cl2N2O2/c1-14(2,3)21-13(20)19-9-15(4,8-18)10-5-6-11(16)12(17)7-10/h5-7H,8-9,18H2,1-4H3,(H,19,20). The molecule has 0 radical (unpaired) electrons. The van der Waals surface area contributed by atoms with E-state index >= 15 is 0 Å². The molecule has 0 saturated carbocycles. The van der Waals surface area contributed by atoms with Gasteiger partial charge in [-0.05, 0) is 38.5 Å². The number of nitrogens with two attached hydrogens (primary N) is 1. The van der Waals surface area contributed by atoms with Crippen molar-refractivity contribution in [2.75, 3.05) is 13.1 Å². The number of carbonyl (C=O) groups is 1. The van der Waals surface area contributed by atoms with Crippen molar-refractivity contribution in [3.05, 3.63) is 33.8 Å². The topological polar surface area (TPSA) is 64.3 Å². The minimum Gasteiger partial charge on any atom is -0.444 e. The van der Waals surface area contributed by atoms with Gasteiger partial charge >= 0.3 is 6.09 Å². The Hall–Kier alpha value is -0.970. The number of hydrogen-bond acceptors (Lipinski definition) is 3. The Bertz CT molecular complexity index is 515. The Morgan fingerprint density at radius 1 is 1.24 bits per heavy atom. The van der Waals surface area contributed by atoms with E-state index in [0.717, 1.165) is 5.56 Å². The molecule has 1 atom stereocenters. The van der Waals surface area contributed by atoms with Gasteiger partial charge in [0.15, 0.2) is 0 Å². The highest BCUT2D eigenvalue weighted by atomic mass is 35.5. The second-order valence-electron chi connectivity index (χ2n) is 6.25. The molecule has 0 aliphatic rings. The van der Waals surface area contributed by atoms with Crippen LogP contribution in [0.25, 0.3) is 0 Å². The van der Waals surface area contributed by atoms with Crippen LogP contribution in [0, 0.1) is 0 Å². The highest BCUT2D eigenvalue weighted by Crippen LogP contribution is 2.29. The summed E-state index contributed by atoms with van der Waals surface area (Å²) in [6.07, 6.45) is -0.470. The molecule has 6 heteroatoms. The van der Waals surface area contributed by atoms with Crippen molar-refractivity contribution in [1.82, 2.24) is 5.32 Å². The van der Waals surface area contributed by atoms with Gasteiger partial charge in [-0.15, -0.1) is 0 Å². The zero-order valence-corrected chi connectivity index (χ0v) is 14.3. The molecule has 1 amide bonds. The predicted octanol–water partition coefficient (Wildman–Crippen LogP) is 3.73. The first-order valence-corrected chi connectivity index (χ1v) is 7.45. The number of carbonyl (C=O) groups excluding carboxylic acids is 1. The molecule has 0 aliphatic heterocycles. The van der Waals surface area contributed by atoms with Crippen LogP contribution in [-0.2, 0) is 10.2 Å². The summed E-state index contributed by atoms with van der Waals surface area (Å²) in [6.45, 7) is 8.08. The van der Waals surface area contributed by atoms with E-state index in [1.807, 2.05) is 33.8 Å². The van der Waals surface area contributed by atoms with Gasteiger partial charge in [-0.3, -0.25) is 0 Å². The number of nitrogens with one attached hydrogen (secondary N) is 1. The SMILES string of the molecule is CC(C)(C)OC(=O)NCC(C)(CN)c1ccc(Cl)c(Cl)c1. The van der Waals surface area contributed by atoms with Gasteiger partial charge in [0.25, 0.3) is 0 Å². The number of hydrogen-bond donors (Lipinski definition) is 2. The zero-order chi connectivity index (χ0) is 16.3. The normalized spacial score (nSPS) is 14.4. The van der Waals surface area contributed by atoms with Gasteiger partial charge in [-0.1, -0.05) is 36.2 Å². The summed E-state index contributed by atoms with van der Waals surface area (Å²) >= 11 is 12.0. The predicted molar refractivity (Wildman–Crippen MR) is 87.1 cm³/mol. The second-order valence-corrected chi connectivity index (χ2v) is 7.06. The van der Waals surface area contributed by atoms with Crippen molar-refractivity contribution < 1.29 is 9.53 Å². The first kappa shape index (κ1) is 18.1. The maximum absolute atomic E-state index is 11.8. The second kappa shape index (κ2) is 6.86. The Morgan fingerprint density at radius 2 is 1.86 bits per heavy atom. The Labute approximate surface area is 135 Å². The summed E-state index contributed by atoms with van der Waals surface area (Å²) in [4.78, 5) is 11.8. The summed E-state index contributed by atoms with van der Waals surface area (Å²) in [5, 5.41) is 3.70. The van der Waals surface area contributed by atoms with Gasteiger partial charge < -0.3 is 15.8 Å². The maximum atomic E-state index is 11.8. The third-order valence-corrected chi connectivity index (χ3v) is 3.83. The van der Waals surface area contributed by atoms with Crippen molar-refractivity contribution in [3.63, 3.8) is 0 Å². The average molecular weight is 333 g/mol. The largest absolute Gasteiger partial charge is 0.444 e. The zero-order valence-electron chi connectivity index (χ0n) is 12.8. The molecule has 0 saturated heterocycles. The van der Waals surface area contributed by atoms with Crippen LogP contribution in [0.1, 0.15) is 33.3 Å². The van der Waals surface area contributed by atoms with E-state index in [2.05, 4.69) is 5.32 Å². The van der Waals surface area contributed by atoms with Crippen LogP contribution in [-0.4, -0.2) is 24.8 Å². The lowest BCUT2D eigenvalue weighted by Crippen LogP contribution is -2.45. The lowest BCUT2D eigenvalue weighted by atomic mass is 9.82. The third kappa shape index (κ3) is 5.38. The molecule has 4 nitrogen and oxygen atoms in total. The Kier molecular flexibility index (Phi) is 5.91. The molecule has 1 unspecified atom stereocenters. The van der Waals surface area contributed by atoms with Crippen LogP contribution in [0.15, 0.2) is 18.2 Å². The van der Waals surface area contributed by atoms with Crippen LogP contribution in [0.4, 0.5) is 4.79 Å². The third-order valence-electron chi connectivity index (χ3n) is 3.09. The van der Waals surface area contributed by atoms with Gasteiger partial charge in [-0.2, -0.15) is 0 Å². The first-order valence-electron chi connectivity index (χ1n) is 6.70. The average Bonchev–Trinajstić information content (AvgIpc) is 2.37. The van der Waals surface area contributed by atoms with Gasteiger partial charge in [0.05, 0.1) is 10.0 Å². The number of alkyl carbamates (subject to hydrolysis) is 1. The number of benzene rings is 1.